The van der Waals surface area contributed by atoms with E-state index in [0.717, 1.165) is 0 Å². The second-order valence-electron chi connectivity index (χ2n) is 1.10. The van der Waals surface area contributed by atoms with E-state index in [1.54, 1.807) is 0 Å². The number of primary amides is 1. The van der Waals surface area contributed by atoms with Crippen molar-refractivity contribution in [2.45, 2.75) is 0 Å². The van der Waals surface area contributed by atoms with Crippen molar-refractivity contribution in [1.29, 1.82) is 0 Å². The molecule has 0 radical (unpaired) electrons. The maximum absolute atomic E-state index is 9.94. The molecule has 0 fully saturated rings. The molecule has 0 aromatic heterocycles. The molecule has 0 aromatic carbocycles. The first-order chi connectivity index (χ1) is 4.04. The van der Waals surface area contributed by atoms with Gasteiger partial charge in [-0.05, 0) is 0 Å². The summed E-state index contributed by atoms with van der Waals surface area (Å²) in [7, 11) is -2.29. The maximum atomic E-state index is 9.94. The van der Waals surface area contributed by atoms with E-state index in [4.69, 9.17) is 10.0 Å². The number of carbonyl (C=O) groups is 2. The number of amides is 1. The third-order valence-corrected chi connectivity index (χ3v) is 0.414. The van der Waals surface area contributed by atoms with Crippen molar-refractivity contribution in [2.75, 3.05) is 0 Å². The number of hydrogen-bond acceptors (Lipinski definition) is 5. The van der Waals surface area contributed by atoms with Gasteiger partial charge in [0.25, 0.3) is 0 Å². The van der Waals surface area contributed by atoms with Crippen LogP contribution in [0, 0.1) is 0 Å². The Labute approximate surface area is 68.7 Å². The third-order valence-electron chi connectivity index (χ3n) is 0.414. The minimum absolute atomic E-state index is 0. The van der Waals surface area contributed by atoms with Crippen LogP contribution < -0.4 is 5.73 Å². The summed E-state index contributed by atoms with van der Waals surface area (Å²) in [5, 5.41) is 15.8. The van der Waals surface area contributed by atoms with E-state index in [1.807, 2.05) is 0 Å². The van der Waals surface area contributed by atoms with Crippen LogP contribution in [0.3, 0.4) is 0 Å². The predicted molar refractivity (Wildman–Crippen MR) is 32.6 cm³/mol. The average molecular weight is 141 g/mol. The summed E-state index contributed by atoms with van der Waals surface area (Å²) >= 11 is 0. The van der Waals surface area contributed by atoms with Gasteiger partial charge in [0.2, 0.25) is 0 Å². The van der Waals surface area contributed by atoms with Gasteiger partial charge in [0, 0.05) is 0 Å². The molecule has 6 nitrogen and oxygen atoms in total. The summed E-state index contributed by atoms with van der Waals surface area (Å²) in [6, 6.07) is 0. The average Bonchev–Trinajstić information content (AvgIpc) is 1.63. The van der Waals surface area contributed by atoms with E-state index in [2.05, 4.69) is 10.4 Å². The molecule has 0 aliphatic rings. The van der Waals surface area contributed by atoms with E-state index in [-0.39, 0.29) is 18.9 Å². The van der Waals surface area contributed by atoms with Crippen molar-refractivity contribution in [1.82, 2.24) is 0 Å². The normalized spacial score (nSPS) is 7.40. The van der Waals surface area contributed by atoms with Gasteiger partial charge < -0.3 is 20.4 Å². The molecule has 0 atom stereocenters. The Bertz CT molecular complexity index is 138. The van der Waals surface area contributed by atoms with Crippen LogP contribution in [0.2, 0.25) is 0 Å². The van der Waals surface area contributed by atoms with Crippen LogP contribution in [0.15, 0.2) is 0 Å². The van der Waals surface area contributed by atoms with Crippen molar-refractivity contribution in [2.24, 2.45) is 5.73 Å². The Hall–Kier alpha value is -0.478. The molecule has 52 valence electrons. The van der Waals surface area contributed by atoms with Crippen LogP contribution in [0.5, 0.6) is 0 Å². The second kappa shape index (κ2) is 5.32. The molecule has 8 heteroatoms. The van der Waals surface area contributed by atoms with E-state index < -0.39 is 19.2 Å². The summed E-state index contributed by atoms with van der Waals surface area (Å²) in [4.78, 5) is 19.7. The van der Waals surface area contributed by atoms with Gasteiger partial charge in [0.05, 0.1) is 0 Å². The fourth-order valence-electron chi connectivity index (χ4n) is 0.154. The van der Waals surface area contributed by atoms with Crippen LogP contribution in [0.4, 0.5) is 0 Å². The van der Waals surface area contributed by atoms with Gasteiger partial charge in [-0.1, -0.05) is 0 Å². The molecule has 0 saturated carbocycles. The zero-order valence-electron chi connectivity index (χ0n) is 4.27. The second-order valence-corrected chi connectivity index (χ2v) is 1.10. The number of carbonyl (C=O) groups excluding carboxylic acids is 2. The van der Waals surface area contributed by atoms with Gasteiger partial charge in [0.15, 0.2) is 0 Å². The first kappa shape index (κ1) is 12.2. The molecule has 0 saturated heterocycles. The molecule has 0 aromatic rings. The Kier molecular flexibility index (Phi) is 6.50. The number of rotatable bonds is 1. The summed E-state index contributed by atoms with van der Waals surface area (Å²) < 4.78 is 3.51. The molecule has 0 heterocycles. The third kappa shape index (κ3) is 5.66. The molecule has 0 aliphatic heterocycles. The predicted octanol–water partition coefficient (Wildman–Crippen LogP) is -3.66. The Morgan fingerprint density at radius 3 is 1.90 bits per heavy atom. The Morgan fingerprint density at radius 1 is 1.40 bits per heavy atom. The van der Waals surface area contributed by atoms with Crippen molar-refractivity contribution in [3.05, 3.63) is 0 Å². The molecule has 4 N–H and O–H groups in total. The molecule has 0 rings (SSSR count). The molecule has 0 aliphatic carbocycles. The van der Waals surface area contributed by atoms with Gasteiger partial charge in [0.1, 0.15) is 0 Å². The van der Waals surface area contributed by atoms with Crippen LogP contribution >= 0.6 is 0 Å². The zero-order chi connectivity index (χ0) is 7.44. The molecule has 1 amide bonds. The number of hydrogen-bond donors (Lipinski definition) is 3. The van der Waals surface area contributed by atoms with Crippen molar-refractivity contribution in [3.8, 4) is 0 Å². The number of nitrogens with two attached hydrogens (primary N) is 1. The van der Waals surface area contributed by atoms with Gasteiger partial charge in [-0.3, -0.25) is 4.79 Å². The van der Waals surface area contributed by atoms with Crippen molar-refractivity contribution >= 4 is 38.1 Å². The van der Waals surface area contributed by atoms with Crippen LogP contribution in [-0.2, 0) is 14.2 Å². The SMILES string of the molecule is NC(=O)C(=O)OB(O)O.[LiH]. The quantitative estimate of drug-likeness (QED) is 0.257. The van der Waals surface area contributed by atoms with E-state index in [0.29, 0.717) is 0 Å². The van der Waals surface area contributed by atoms with Gasteiger partial charge in [-0.25, -0.2) is 4.79 Å². The molecule has 10 heavy (non-hydrogen) atoms. The van der Waals surface area contributed by atoms with Crippen molar-refractivity contribution in [3.63, 3.8) is 0 Å². The molecule has 0 spiro atoms. The van der Waals surface area contributed by atoms with Gasteiger partial charge in [-0.15, -0.1) is 0 Å². The fourth-order valence-corrected chi connectivity index (χ4v) is 0.154. The summed E-state index contributed by atoms with van der Waals surface area (Å²) in [6.45, 7) is 0. The van der Waals surface area contributed by atoms with Crippen LogP contribution in [-0.4, -0.2) is 48.1 Å². The minimum atomic E-state index is -2.29. The topological polar surface area (TPSA) is 110 Å². The van der Waals surface area contributed by atoms with Crippen LogP contribution in [0.25, 0.3) is 0 Å². The van der Waals surface area contributed by atoms with E-state index in [1.165, 1.54) is 0 Å². The zero-order valence-corrected chi connectivity index (χ0v) is 4.27. The molecule has 0 bridgehead atoms. The Morgan fingerprint density at radius 2 is 1.80 bits per heavy atom. The van der Waals surface area contributed by atoms with E-state index >= 15 is 0 Å². The molecular formula is C2H5BLiNO5. The monoisotopic (exact) mass is 141 g/mol. The first-order valence-corrected chi connectivity index (χ1v) is 1.90. The summed E-state index contributed by atoms with van der Waals surface area (Å²) in [5.41, 5.74) is 4.35. The fraction of sp³-hybridized carbons (Fsp3) is 0. The van der Waals surface area contributed by atoms with Crippen LogP contribution in [0.1, 0.15) is 0 Å². The summed E-state index contributed by atoms with van der Waals surface area (Å²) in [6.07, 6.45) is 0. The summed E-state index contributed by atoms with van der Waals surface area (Å²) in [5.74, 6) is -2.85. The molecular weight excluding hydrogens is 136 g/mol. The van der Waals surface area contributed by atoms with Crippen molar-refractivity contribution < 1.29 is 24.3 Å². The molecule has 0 unspecified atom stereocenters. The Balaban J connectivity index is 0. The van der Waals surface area contributed by atoms with E-state index in [9.17, 15) is 9.59 Å². The van der Waals surface area contributed by atoms with Gasteiger partial charge >= 0.3 is 38.1 Å². The first-order valence-electron chi connectivity index (χ1n) is 1.90. The standard InChI is InChI=1S/C2H4BNO5.Li.H/c4-1(5)2(6)9-3(7)8;;/h7-8H,(H2,4,5);;. The van der Waals surface area contributed by atoms with Gasteiger partial charge in [-0.2, -0.15) is 0 Å².